The molecule has 0 aromatic heterocycles. The average Bonchev–Trinajstić information content (AvgIpc) is 2.27. The van der Waals surface area contributed by atoms with Gasteiger partial charge in [0.05, 0.1) is 0 Å². The molecule has 0 saturated heterocycles. The minimum Gasteiger partial charge on any atom is -0.399 e. The monoisotopic (exact) mass is 210 g/mol. The second-order valence-corrected chi connectivity index (χ2v) is 3.67. The molecule has 0 spiro atoms. The van der Waals surface area contributed by atoms with Crippen molar-refractivity contribution in [3.63, 3.8) is 0 Å². The maximum Gasteiger partial charge on any atom is 0.0319 e. The van der Waals surface area contributed by atoms with Crippen LogP contribution in [0.1, 0.15) is 11.1 Å². The molecular formula is C14H14N2. The molecule has 0 radical (unpaired) electrons. The van der Waals surface area contributed by atoms with E-state index in [9.17, 15) is 0 Å². The molecule has 0 unspecified atom stereocenters. The maximum absolute atomic E-state index is 5.70. The van der Waals surface area contributed by atoms with Crippen molar-refractivity contribution < 1.29 is 0 Å². The Labute approximate surface area is 95.2 Å². The molecular weight excluding hydrogens is 196 g/mol. The van der Waals surface area contributed by atoms with Crippen LogP contribution in [-0.4, -0.2) is 0 Å². The summed E-state index contributed by atoms with van der Waals surface area (Å²) in [6, 6.07) is 15.5. The van der Waals surface area contributed by atoms with Crippen LogP contribution in [0.5, 0.6) is 0 Å². The van der Waals surface area contributed by atoms with E-state index in [1.165, 1.54) is 0 Å². The zero-order valence-corrected chi connectivity index (χ0v) is 8.93. The van der Waals surface area contributed by atoms with Gasteiger partial charge in [0, 0.05) is 11.4 Å². The Balaban J connectivity index is 2.21. The normalized spacial score (nSPS) is 10.8. The molecule has 16 heavy (non-hydrogen) atoms. The van der Waals surface area contributed by atoms with Crippen molar-refractivity contribution in [1.29, 1.82) is 0 Å². The van der Waals surface area contributed by atoms with Crippen molar-refractivity contribution >= 4 is 23.5 Å². The zero-order chi connectivity index (χ0) is 11.4. The lowest BCUT2D eigenvalue weighted by Crippen LogP contribution is -1.84. The lowest BCUT2D eigenvalue weighted by molar-refractivity contribution is 1.63. The maximum atomic E-state index is 5.70. The van der Waals surface area contributed by atoms with Crippen LogP contribution in [0.3, 0.4) is 0 Å². The first-order valence-electron chi connectivity index (χ1n) is 5.13. The van der Waals surface area contributed by atoms with E-state index in [1.54, 1.807) is 0 Å². The van der Waals surface area contributed by atoms with E-state index in [2.05, 4.69) is 0 Å². The highest BCUT2D eigenvalue weighted by Gasteiger charge is 1.90. The Kier molecular flexibility index (Phi) is 2.92. The molecule has 0 aliphatic heterocycles. The third-order valence-electron chi connectivity index (χ3n) is 2.29. The fraction of sp³-hybridized carbons (Fsp3) is 0. The molecule has 0 fully saturated rings. The summed E-state index contributed by atoms with van der Waals surface area (Å²) in [5.41, 5.74) is 15.1. The molecule has 80 valence electrons. The quantitative estimate of drug-likeness (QED) is 0.591. The largest absolute Gasteiger partial charge is 0.399 e. The first kappa shape index (κ1) is 10.3. The minimum absolute atomic E-state index is 0.773. The van der Waals surface area contributed by atoms with Crippen molar-refractivity contribution in [2.45, 2.75) is 0 Å². The van der Waals surface area contributed by atoms with Crippen molar-refractivity contribution in [3.05, 3.63) is 59.7 Å². The third kappa shape index (κ3) is 2.64. The van der Waals surface area contributed by atoms with Gasteiger partial charge in [-0.1, -0.05) is 36.4 Å². The first-order valence-corrected chi connectivity index (χ1v) is 5.13. The van der Waals surface area contributed by atoms with Crippen LogP contribution in [-0.2, 0) is 0 Å². The topological polar surface area (TPSA) is 52.0 Å². The molecule has 0 amide bonds. The van der Waals surface area contributed by atoms with E-state index in [0.29, 0.717) is 0 Å². The average molecular weight is 210 g/mol. The summed E-state index contributed by atoms with van der Waals surface area (Å²) in [5, 5.41) is 0. The van der Waals surface area contributed by atoms with Crippen LogP contribution in [0, 0.1) is 0 Å². The fourth-order valence-corrected chi connectivity index (χ4v) is 1.52. The first-order chi connectivity index (χ1) is 7.74. The van der Waals surface area contributed by atoms with Crippen molar-refractivity contribution in [2.24, 2.45) is 0 Å². The number of benzene rings is 2. The van der Waals surface area contributed by atoms with Gasteiger partial charge in [-0.05, 0) is 35.4 Å². The molecule has 2 heteroatoms. The summed E-state index contributed by atoms with van der Waals surface area (Å²) < 4.78 is 0. The summed E-state index contributed by atoms with van der Waals surface area (Å²) >= 11 is 0. The summed E-state index contributed by atoms with van der Waals surface area (Å²) in [5.74, 6) is 0. The van der Waals surface area contributed by atoms with E-state index in [0.717, 1.165) is 22.5 Å². The van der Waals surface area contributed by atoms with Gasteiger partial charge in [0.25, 0.3) is 0 Å². The highest BCUT2D eigenvalue weighted by atomic mass is 14.5. The van der Waals surface area contributed by atoms with E-state index >= 15 is 0 Å². The van der Waals surface area contributed by atoms with E-state index < -0.39 is 0 Å². The minimum atomic E-state index is 0.773. The van der Waals surface area contributed by atoms with Crippen molar-refractivity contribution in [1.82, 2.24) is 0 Å². The van der Waals surface area contributed by atoms with Gasteiger partial charge in [0.1, 0.15) is 0 Å². The molecule has 0 heterocycles. The van der Waals surface area contributed by atoms with E-state index in [4.69, 9.17) is 11.5 Å². The van der Waals surface area contributed by atoms with Crippen LogP contribution in [0.2, 0.25) is 0 Å². The van der Waals surface area contributed by atoms with Crippen molar-refractivity contribution in [2.75, 3.05) is 11.5 Å². The fourth-order valence-electron chi connectivity index (χ4n) is 1.52. The molecule has 0 aliphatic carbocycles. The highest BCUT2D eigenvalue weighted by molar-refractivity contribution is 5.72. The van der Waals surface area contributed by atoms with Gasteiger partial charge in [-0.15, -0.1) is 0 Å². The number of anilines is 2. The second-order valence-electron chi connectivity index (χ2n) is 3.67. The van der Waals surface area contributed by atoms with Crippen LogP contribution in [0.25, 0.3) is 12.2 Å². The van der Waals surface area contributed by atoms with Gasteiger partial charge in [0.2, 0.25) is 0 Å². The molecule has 0 bridgehead atoms. The Morgan fingerprint density at radius 3 is 1.50 bits per heavy atom. The van der Waals surface area contributed by atoms with Crippen LogP contribution < -0.4 is 11.5 Å². The molecule has 0 atom stereocenters. The van der Waals surface area contributed by atoms with Crippen LogP contribution in [0.15, 0.2) is 48.5 Å². The summed E-state index contributed by atoms with van der Waals surface area (Å²) in [6.07, 6.45) is 4.04. The highest BCUT2D eigenvalue weighted by Crippen LogP contribution is 2.13. The Hall–Kier alpha value is -2.22. The number of hydrogen-bond donors (Lipinski definition) is 2. The number of hydrogen-bond acceptors (Lipinski definition) is 2. The third-order valence-corrected chi connectivity index (χ3v) is 2.29. The number of nitrogen functional groups attached to an aromatic ring is 2. The Bertz CT molecular complexity index is 468. The van der Waals surface area contributed by atoms with Gasteiger partial charge >= 0.3 is 0 Å². The van der Waals surface area contributed by atoms with Gasteiger partial charge in [-0.25, -0.2) is 0 Å². The Morgan fingerprint density at radius 2 is 1.12 bits per heavy atom. The van der Waals surface area contributed by atoms with Gasteiger partial charge < -0.3 is 11.5 Å². The van der Waals surface area contributed by atoms with Crippen molar-refractivity contribution in [3.8, 4) is 0 Å². The predicted molar refractivity (Wildman–Crippen MR) is 70.6 cm³/mol. The lowest BCUT2D eigenvalue weighted by Gasteiger charge is -1.97. The van der Waals surface area contributed by atoms with Gasteiger partial charge in [-0.2, -0.15) is 0 Å². The summed E-state index contributed by atoms with van der Waals surface area (Å²) in [6.45, 7) is 0. The smallest absolute Gasteiger partial charge is 0.0319 e. The molecule has 0 aliphatic rings. The predicted octanol–water partition coefficient (Wildman–Crippen LogP) is 3.02. The van der Waals surface area contributed by atoms with E-state index in [1.807, 2.05) is 60.7 Å². The van der Waals surface area contributed by atoms with Crippen LogP contribution in [0.4, 0.5) is 11.4 Å². The lowest BCUT2D eigenvalue weighted by atomic mass is 10.1. The van der Waals surface area contributed by atoms with E-state index in [-0.39, 0.29) is 0 Å². The molecule has 4 N–H and O–H groups in total. The van der Waals surface area contributed by atoms with Crippen LogP contribution >= 0.6 is 0 Å². The zero-order valence-electron chi connectivity index (χ0n) is 8.93. The molecule has 2 aromatic rings. The SMILES string of the molecule is Nc1cccc(/C=C\c2cccc(N)c2)c1. The van der Waals surface area contributed by atoms with Gasteiger partial charge in [0.15, 0.2) is 0 Å². The second kappa shape index (κ2) is 4.53. The molecule has 2 aromatic carbocycles. The summed E-state index contributed by atoms with van der Waals surface area (Å²) in [4.78, 5) is 0. The number of nitrogens with two attached hydrogens (primary N) is 2. The standard InChI is InChI=1S/C14H14N2/c15-13-5-1-3-11(9-13)7-8-12-4-2-6-14(16)10-12/h1-10H,15-16H2/b8-7-. The number of rotatable bonds is 2. The van der Waals surface area contributed by atoms with Gasteiger partial charge in [-0.3, -0.25) is 0 Å². The molecule has 0 saturated carbocycles. The summed E-state index contributed by atoms with van der Waals surface area (Å²) in [7, 11) is 0. The Morgan fingerprint density at radius 1 is 0.688 bits per heavy atom. The molecule has 2 nitrogen and oxygen atoms in total. The molecule has 2 rings (SSSR count).